The molecule has 0 spiro atoms. The van der Waals surface area contributed by atoms with Gasteiger partial charge in [-0.05, 0) is 75.6 Å². The largest absolute Gasteiger partial charge is 0.444 e. The molecule has 11 heteroatoms. The van der Waals surface area contributed by atoms with Gasteiger partial charge in [-0.25, -0.2) is 19.7 Å². The molecule has 44 heavy (non-hydrogen) atoms. The number of imidazole rings is 1. The number of benzene rings is 1. The molecule has 2 saturated heterocycles. The number of fused-ring (bicyclic) bond motifs is 1. The fourth-order valence-corrected chi connectivity index (χ4v) is 5.75. The maximum Gasteiger partial charge on any atom is 0.410 e. The number of hydrogen-bond donors (Lipinski definition) is 1. The number of rotatable bonds is 6. The number of hydrogen-bond acceptors (Lipinski definition) is 9. The number of pyridine rings is 2. The third-order valence-electron chi connectivity index (χ3n) is 8.02. The SMILES string of the molecule is [2H]C([2H])([2H])N(C(=O)OC(C)(C)C)C1CCN(Cc2ccc(-n3c(-c4cccnc4N)nc4ccc(N5CCOCC5)nc43)cc2)CC1. The van der Waals surface area contributed by atoms with Gasteiger partial charge in [-0.1, -0.05) is 12.1 Å². The minimum Gasteiger partial charge on any atom is -0.444 e. The zero-order valence-corrected chi connectivity index (χ0v) is 25.6. The predicted octanol–water partition coefficient (Wildman–Crippen LogP) is 4.73. The van der Waals surface area contributed by atoms with Crippen LogP contribution in [0.4, 0.5) is 16.4 Å². The molecule has 2 aliphatic rings. The Labute approximate surface area is 262 Å². The Bertz CT molecular complexity index is 1710. The van der Waals surface area contributed by atoms with Gasteiger partial charge in [0, 0.05) is 61.7 Å². The molecule has 6 rings (SSSR count). The van der Waals surface area contributed by atoms with Crippen molar-refractivity contribution in [3.05, 3.63) is 60.3 Å². The first-order valence-electron chi connectivity index (χ1n) is 16.6. The number of ether oxygens (including phenoxy) is 2. The number of nitrogens with zero attached hydrogens (tertiary/aromatic N) is 7. The molecule has 0 atom stereocenters. The monoisotopic (exact) mass is 601 g/mol. The van der Waals surface area contributed by atoms with Crippen LogP contribution in [0.2, 0.25) is 0 Å². The average Bonchev–Trinajstić information content (AvgIpc) is 3.40. The summed E-state index contributed by atoms with van der Waals surface area (Å²) in [4.78, 5) is 32.6. The quantitative estimate of drug-likeness (QED) is 0.335. The van der Waals surface area contributed by atoms with Crippen LogP contribution in [0.1, 0.15) is 43.3 Å². The molecule has 1 aromatic carbocycles. The van der Waals surface area contributed by atoms with Gasteiger partial charge in [-0.2, -0.15) is 0 Å². The van der Waals surface area contributed by atoms with Crippen LogP contribution in [-0.2, 0) is 16.0 Å². The molecular weight excluding hydrogens is 556 g/mol. The summed E-state index contributed by atoms with van der Waals surface area (Å²) in [6, 6.07) is 15.6. The van der Waals surface area contributed by atoms with Crippen molar-refractivity contribution >= 4 is 28.9 Å². The summed E-state index contributed by atoms with van der Waals surface area (Å²) in [6.07, 6.45) is 1.96. The molecule has 2 aliphatic heterocycles. The van der Waals surface area contributed by atoms with E-state index < -0.39 is 24.7 Å². The van der Waals surface area contributed by atoms with Gasteiger partial charge in [0.05, 0.1) is 18.8 Å². The van der Waals surface area contributed by atoms with Crippen LogP contribution < -0.4 is 10.6 Å². The zero-order valence-electron chi connectivity index (χ0n) is 28.6. The number of morpholine rings is 1. The van der Waals surface area contributed by atoms with E-state index in [1.807, 2.05) is 28.8 Å². The molecule has 0 saturated carbocycles. The summed E-state index contributed by atoms with van der Waals surface area (Å²) in [6.45, 7) is 7.53. The summed E-state index contributed by atoms with van der Waals surface area (Å²) >= 11 is 0. The van der Waals surface area contributed by atoms with Crippen molar-refractivity contribution < 1.29 is 18.4 Å². The molecule has 3 aromatic heterocycles. The molecule has 4 aromatic rings. The Hall–Kier alpha value is -4.22. The molecule has 5 heterocycles. The van der Waals surface area contributed by atoms with Gasteiger partial charge in [0.1, 0.15) is 22.8 Å². The minimum atomic E-state index is -2.57. The third kappa shape index (κ3) is 6.48. The van der Waals surface area contributed by atoms with Crippen molar-refractivity contribution in [2.75, 3.05) is 57.0 Å². The first kappa shape index (κ1) is 26.2. The number of amides is 1. The molecule has 0 bridgehead atoms. The van der Waals surface area contributed by atoms with E-state index in [1.54, 1.807) is 27.0 Å². The fraction of sp³-hybridized carbons (Fsp3) is 0.455. The summed E-state index contributed by atoms with van der Waals surface area (Å²) < 4.78 is 37.0. The van der Waals surface area contributed by atoms with E-state index in [2.05, 4.69) is 39.0 Å². The molecule has 232 valence electrons. The fourth-order valence-electron chi connectivity index (χ4n) is 5.75. The Morgan fingerprint density at radius 2 is 1.82 bits per heavy atom. The second kappa shape index (κ2) is 12.4. The normalized spacial score (nSPS) is 18.1. The number of carbonyl (C=O) groups is 1. The topological polar surface area (TPSA) is 115 Å². The van der Waals surface area contributed by atoms with E-state index in [9.17, 15) is 4.79 Å². The summed E-state index contributed by atoms with van der Waals surface area (Å²) in [5.41, 5.74) is 9.76. The van der Waals surface area contributed by atoms with E-state index in [4.69, 9.17) is 29.3 Å². The molecule has 1 amide bonds. The zero-order chi connectivity index (χ0) is 33.3. The van der Waals surface area contributed by atoms with Crippen molar-refractivity contribution in [1.82, 2.24) is 29.3 Å². The van der Waals surface area contributed by atoms with Crippen molar-refractivity contribution in [3.63, 3.8) is 0 Å². The van der Waals surface area contributed by atoms with Gasteiger partial charge in [-0.3, -0.25) is 9.47 Å². The van der Waals surface area contributed by atoms with Crippen LogP contribution in [0.5, 0.6) is 0 Å². The van der Waals surface area contributed by atoms with E-state index in [-0.39, 0.29) is 0 Å². The third-order valence-corrected chi connectivity index (χ3v) is 8.02. The summed E-state index contributed by atoms with van der Waals surface area (Å²) in [5.74, 6) is 1.92. The maximum atomic E-state index is 12.8. The minimum absolute atomic E-state index is 0.390. The van der Waals surface area contributed by atoms with Crippen LogP contribution in [0.25, 0.3) is 28.2 Å². The highest BCUT2D eigenvalue weighted by molar-refractivity contribution is 5.84. The molecule has 0 radical (unpaired) electrons. The second-order valence-electron chi connectivity index (χ2n) is 12.3. The number of piperidine rings is 1. The van der Waals surface area contributed by atoms with E-state index in [0.29, 0.717) is 57.3 Å². The van der Waals surface area contributed by atoms with Gasteiger partial charge in [0.2, 0.25) is 0 Å². The van der Waals surface area contributed by atoms with Crippen LogP contribution in [0.3, 0.4) is 0 Å². The van der Waals surface area contributed by atoms with Gasteiger partial charge in [-0.15, -0.1) is 0 Å². The smallest absolute Gasteiger partial charge is 0.410 e. The highest BCUT2D eigenvalue weighted by Crippen LogP contribution is 2.32. The average molecular weight is 602 g/mol. The molecule has 0 aliphatic carbocycles. The van der Waals surface area contributed by atoms with E-state index >= 15 is 0 Å². The van der Waals surface area contributed by atoms with Gasteiger partial charge in [0.25, 0.3) is 0 Å². The highest BCUT2D eigenvalue weighted by Gasteiger charge is 2.28. The van der Waals surface area contributed by atoms with Gasteiger partial charge >= 0.3 is 6.09 Å². The number of aromatic nitrogens is 4. The lowest BCUT2D eigenvalue weighted by atomic mass is 10.0. The number of nitrogen functional groups attached to an aromatic ring is 1. The lowest BCUT2D eigenvalue weighted by molar-refractivity contribution is 0.0149. The Morgan fingerprint density at radius 3 is 2.50 bits per heavy atom. The predicted molar refractivity (Wildman–Crippen MR) is 172 cm³/mol. The van der Waals surface area contributed by atoms with Crippen LogP contribution in [0, 0.1) is 0 Å². The van der Waals surface area contributed by atoms with E-state index in [1.165, 1.54) is 0 Å². The van der Waals surface area contributed by atoms with Gasteiger partial charge in [0.15, 0.2) is 11.5 Å². The second-order valence-corrected chi connectivity index (χ2v) is 12.3. The Balaban J connectivity index is 1.22. The van der Waals surface area contributed by atoms with Crippen molar-refractivity contribution in [1.29, 1.82) is 0 Å². The van der Waals surface area contributed by atoms with Crippen LogP contribution in [0.15, 0.2) is 54.7 Å². The standard InChI is InChI=1S/C33H42N8O3/c1-33(2,3)44-32(42)38(4)24-13-16-39(17-14-24)22-23-7-9-25(10-8-23)41-30(26-6-5-15-35-29(26)34)36-27-11-12-28(37-31(27)41)40-18-20-43-21-19-40/h5-12,15,24H,13-14,16-22H2,1-4H3,(H2,34,35)/i4D3. The van der Waals surface area contributed by atoms with Crippen molar-refractivity contribution in [3.8, 4) is 17.1 Å². The van der Waals surface area contributed by atoms with Gasteiger partial charge < -0.3 is 25.0 Å². The number of nitrogens with two attached hydrogens (primary N) is 1. The molecule has 11 nitrogen and oxygen atoms in total. The lowest BCUT2D eigenvalue weighted by Crippen LogP contribution is -2.46. The Kier molecular flexibility index (Phi) is 7.39. The number of carbonyl (C=O) groups excluding carboxylic acids is 1. The number of anilines is 2. The first-order chi connectivity index (χ1) is 22.4. The van der Waals surface area contributed by atoms with Crippen LogP contribution >= 0.6 is 0 Å². The molecule has 0 unspecified atom stereocenters. The first-order valence-corrected chi connectivity index (χ1v) is 15.1. The maximum absolute atomic E-state index is 12.8. The van der Waals surface area contributed by atoms with Crippen molar-refractivity contribution in [2.24, 2.45) is 0 Å². The summed E-state index contributed by atoms with van der Waals surface area (Å²) in [5, 5.41) is 0. The molecule has 2 fully saturated rings. The van der Waals surface area contributed by atoms with Crippen molar-refractivity contribution in [2.45, 2.75) is 51.8 Å². The highest BCUT2D eigenvalue weighted by atomic mass is 16.6. The number of likely N-dealkylation sites (tertiary alicyclic amines) is 1. The van der Waals surface area contributed by atoms with E-state index in [0.717, 1.165) is 51.8 Å². The molecular formula is C33H42N8O3. The van der Waals surface area contributed by atoms with Crippen LogP contribution in [-0.4, -0.2) is 93.4 Å². The Morgan fingerprint density at radius 1 is 1.07 bits per heavy atom. The lowest BCUT2D eigenvalue weighted by Gasteiger charge is -2.37. The molecule has 2 N–H and O–H groups in total. The summed E-state index contributed by atoms with van der Waals surface area (Å²) in [7, 11) is 0.